The summed E-state index contributed by atoms with van der Waals surface area (Å²) >= 11 is 3.06. The molecule has 1 N–H and O–H groups in total. The molecular formula is C8H9BrN2O. The molecule has 12 heavy (non-hydrogen) atoms. The molecule has 3 nitrogen and oxygen atoms in total. The highest BCUT2D eigenvalue weighted by Crippen LogP contribution is 2.09. The van der Waals surface area contributed by atoms with E-state index in [2.05, 4.69) is 26.2 Å². The average molecular weight is 229 g/mol. The quantitative estimate of drug-likeness (QED) is 0.784. The molecule has 1 rings (SSSR count). The summed E-state index contributed by atoms with van der Waals surface area (Å²) in [4.78, 5) is 15.0. The summed E-state index contributed by atoms with van der Waals surface area (Å²) in [5.41, 5.74) is 1.59. The third-order valence-electron chi connectivity index (χ3n) is 1.40. The molecule has 0 radical (unpaired) electrons. The van der Waals surface area contributed by atoms with Gasteiger partial charge in [-0.2, -0.15) is 0 Å². The van der Waals surface area contributed by atoms with Gasteiger partial charge >= 0.3 is 0 Å². The largest absolute Gasteiger partial charge is 0.324 e. The molecule has 0 aliphatic carbocycles. The first-order valence-corrected chi connectivity index (χ1v) is 4.63. The van der Waals surface area contributed by atoms with Gasteiger partial charge in [0.05, 0.1) is 16.7 Å². The Morgan fingerprint density at radius 2 is 2.50 bits per heavy atom. The van der Waals surface area contributed by atoms with Crippen molar-refractivity contribution in [1.82, 2.24) is 4.98 Å². The maximum Gasteiger partial charge on any atom is 0.235 e. The molecule has 1 aromatic rings. The number of carbonyl (C=O) groups excluding carboxylic acids is 1. The number of carbonyl (C=O) groups is 1. The van der Waals surface area contributed by atoms with E-state index in [-0.39, 0.29) is 5.91 Å². The van der Waals surface area contributed by atoms with Gasteiger partial charge in [-0.05, 0) is 19.1 Å². The first kappa shape index (κ1) is 9.19. The number of nitrogens with one attached hydrogen (secondary N) is 1. The van der Waals surface area contributed by atoms with Crippen LogP contribution < -0.4 is 5.32 Å². The van der Waals surface area contributed by atoms with E-state index >= 15 is 0 Å². The van der Waals surface area contributed by atoms with Crippen LogP contribution in [0.2, 0.25) is 0 Å². The molecule has 0 unspecified atom stereocenters. The molecule has 0 bridgehead atoms. The predicted octanol–water partition coefficient (Wildman–Crippen LogP) is 1.72. The molecule has 1 amide bonds. The first-order valence-electron chi connectivity index (χ1n) is 3.51. The lowest BCUT2D eigenvalue weighted by Gasteiger charge is -2.04. The van der Waals surface area contributed by atoms with Crippen LogP contribution in [0.5, 0.6) is 0 Å². The third kappa shape index (κ3) is 2.30. The van der Waals surface area contributed by atoms with Crippen LogP contribution in [-0.4, -0.2) is 16.2 Å². The number of hydrogen-bond donors (Lipinski definition) is 1. The molecular weight excluding hydrogens is 220 g/mol. The summed E-state index contributed by atoms with van der Waals surface area (Å²) < 4.78 is 0. The van der Waals surface area contributed by atoms with Crippen LogP contribution in [0.4, 0.5) is 5.69 Å². The van der Waals surface area contributed by atoms with Crippen LogP contribution in [0.1, 0.15) is 5.69 Å². The minimum Gasteiger partial charge on any atom is -0.324 e. The normalized spacial score (nSPS) is 9.50. The Balaban J connectivity index is 2.75. The van der Waals surface area contributed by atoms with Gasteiger partial charge in [0.1, 0.15) is 0 Å². The number of aryl methyl sites for hydroxylation is 1. The predicted molar refractivity (Wildman–Crippen MR) is 51.4 cm³/mol. The van der Waals surface area contributed by atoms with E-state index in [0.29, 0.717) is 5.33 Å². The maximum absolute atomic E-state index is 10.9. The summed E-state index contributed by atoms with van der Waals surface area (Å²) in [7, 11) is 0. The van der Waals surface area contributed by atoms with Crippen molar-refractivity contribution in [1.29, 1.82) is 0 Å². The van der Waals surface area contributed by atoms with Gasteiger partial charge in [0.15, 0.2) is 0 Å². The topological polar surface area (TPSA) is 42.0 Å². The third-order valence-corrected chi connectivity index (χ3v) is 1.91. The molecule has 1 heterocycles. The number of aromatic nitrogens is 1. The van der Waals surface area contributed by atoms with E-state index in [0.717, 1.165) is 11.4 Å². The molecule has 64 valence electrons. The van der Waals surface area contributed by atoms with E-state index in [4.69, 9.17) is 0 Å². The van der Waals surface area contributed by atoms with Crippen LogP contribution in [0.3, 0.4) is 0 Å². The van der Waals surface area contributed by atoms with Crippen molar-refractivity contribution in [3.8, 4) is 0 Å². The van der Waals surface area contributed by atoms with Crippen LogP contribution in [0.15, 0.2) is 18.3 Å². The van der Waals surface area contributed by atoms with Crippen molar-refractivity contribution in [2.24, 2.45) is 0 Å². The Bertz CT molecular complexity index is 288. The van der Waals surface area contributed by atoms with Crippen LogP contribution >= 0.6 is 15.9 Å². The van der Waals surface area contributed by atoms with Crippen LogP contribution in [0.25, 0.3) is 0 Å². The Hall–Kier alpha value is -0.900. The highest BCUT2D eigenvalue weighted by atomic mass is 79.9. The number of rotatable bonds is 2. The number of halogens is 1. The molecule has 0 aromatic carbocycles. The zero-order valence-electron chi connectivity index (χ0n) is 6.67. The summed E-state index contributed by atoms with van der Waals surface area (Å²) in [6.07, 6.45) is 1.69. The smallest absolute Gasteiger partial charge is 0.235 e. The maximum atomic E-state index is 10.9. The SMILES string of the molecule is Cc1ncccc1NC(=O)CBr. The fourth-order valence-corrected chi connectivity index (χ4v) is 0.940. The molecule has 0 aliphatic rings. The second kappa shape index (κ2) is 4.21. The van der Waals surface area contributed by atoms with Gasteiger partial charge in [-0.15, -0.1) is 0 Å². The summed E-state index contributed by atoms with van der Waals surface area (Å²) in [6, 6.07) is 3.61. The van der Waals surface area contributed by atoms with E-state index in [1.807, 2.05) is 13.0 Å². The van der Waals surface area contributed by atoms with Gasteiger partial charge in [0.25, 0.3) is 0 Å². The van der Waals surface area contributed by atoms with Crippen molar-refractivity contribution < 1.29 is 4.79 Å². The number of hydrogen-bond acceptors (Lipinski definition) is 2. The Morgan fingerprint density at radius 1 is 1.75 bits per heavy atom. The van der Waals surface area contributed by atoms with E-state index in [1.54, 1.807) is 12.3 Å². The van der Waals surface area contributed by atoms with Gasteiger partial charge in [0, 0.05) is 6.20 Å². The van der Waals surface area contributed by atoms with E-state index in [1.165, 1.54) is 0 Å². The van der Waals surface area contributed by atoms with Gasteiger partial charge in [-0.25, -0.2) is 0 Å². The first-order chi connectivity index (χ1) is 5.74. The standard InChI is InChI=1S/C8H9BrN2O/c1-6-7(3-2-4-10-6)11-8(12)5-9/h2-4H,5H2,1H3,(H,11,12). The molecule has 0 atom stereocenters. The Labute approximate surface area is 79.3 Å². The van der Waals surface area contributed by atoms with Crippen molar-refractivity contribution in [3.63, 3.8) is 0 Å². The molecule has 4 heteroatoms. The molecule has 0 aliphatic heterocycles. The molecule has 0 fully saturated rings. The number of anilines is 1. The lowest BCUT2D eigenvalue weighted by atomic mass is 10.3. The minimum atomic E-state index is -0.0638. The molecule has 1 aromatic heterocycles. The lowest BCUT2D eigenvalue weighted by molar-refractivity contribution is -0.113. The fourth-order valence-electron chi connectivity index (χ4n) is 0.800. The van der Waals surface area contributed by atoms with Gasteiger partial charge < -0.3 is 5.32 Å². The van der Waals surface area contributed by atoms with Crippen molar-refractivity contribution in [2.75, 3.05) is 10.6 Å². The summed E-state index contributed by atoms with van der Waals surface area (Å²) in [5.74, 6) is -0.0638. The number of nitrogens with zero attached hydrogens (tertiary/aromatic N) is 1. The zero-order chi connectivity index (χ0) is 8.97. The highest BCUT2D eigenvalue weighted by molar-refractivity contribution is 9.09. The van der Waals surface area contributed by atoms with Crippen molar-refractivity contribution in [2.45, 2.75) is 6.92 Å². The fraction of sp³-hybridized carbons (Fsp3) is 0.250. The summed E-state index contributed by atoms with van der Waals surface area (Å²) in [6.45, 7) is 1.85. The van der Waals surface area contributed by atoms with Crippen LogP contribution in [0, 0.1) is 6.92 Å². The molecule has 0 spiro atoms. The monoisotopic (exact) mass is 228 g/mol. The van der Waals surface area contributed by atoms with Crippen LogP contribution in [-0.2, 0) is 4.79 Å². The zero-order valence-corrected chi connectivity index (χ0v) is 8.26. The molecule has 0 saturated heterocycles. The minimum absolute atomic E-state index is 0.0638. The van der Waals surface area contributed by atoms with E-state index in [9.17, 15) is 4.79 Å². The number of amides is 1. The molecule has 0 saturated carbocycles. The summed E-state index contributed by atoms with van der Waals surface area (Å²) in [5, 5.41) is 3.02. The second-order valence-electron chi connectivity index (χ2n) is 2.32. The van der Waals surface area contributed by atoms with Gasteiger partial charge in [-0.3, -0.25) is 9.78 Å². The number of pyridine rings is 1. The Morgan fingerprint density at radius 3 is 3.08 bits per heavy atom. The van der Waals surface area contributed by atoms with E-state index < -0.39 is 0 Å². The average Bonchev–Trinajstić information content (AvgIpc) is 2.09. The number of alkyl halides is 1. The van der Waals surface area contributed by atoms with Gasteiger partial charge in [-0.1, -0.05) is 15.9 Å². The highest BCUT2D eigenvalue weighted by Gasteiger charge is 2.01. The van der Waals surface area contributed by atoms with Gasteiger partial charge in [0.2, 0.25) is 5.91 Å². The Kier molecular flexibility index (Phi) is 3.22. The van der Waals surface area contributed by atoms with Crippen molar-refractivity contribution >= 4 is 27.5 Å². The lowest BCUT2D eigenvalue weighted by Crippen LogP contribution is -2.13. The van der Waals surface area contributed by atoms with Crippen molar-refractivity contribution in [3.05, 3.63) is 24.0 Å². The second-order valence-corrected chi connectivity index (χ2v) is 2.88.